The number of hydrogen-bond donors (Lipinski definition) is 3. The Balaban J connectivity index is 1.17. The van der Waals surface area contributed by atoms with E-state index in [1.54, 1.807) is 12.1 Å². The molecule has 0 radical (unpaired) electrons. The lowest BCUT2D eigenvalue weighted by Gasteiger charge is -2.32. The SMILES string of the molecule is CN1CCN(CCCOc2ccc3c(Nc4cccc(NC(=O)Nc5ccc(F)c(Cl)c5)c4)ncnc3c2)CC1. The fraction of sp³-hybridized carbons (Fsp3) is 0.276. The summed E-state index contributed by atoms with van der Waals surface area (Å²) >= 11 is 5.79. The molecule has 11 heteroatoms. The van der Waals surface area contributed by atoms with Crippen LogP contribution in [-0.4, -0.2) is 72.2 Å². The molecule has 0 saturated carbocycles. The average molecular weight is 564 g/mol. The first-order chi connectivity index (χ1) is 19.4. The predicted octanol–water partition coefficient (Wildman–Crippen LogP) is 5.83. The number of carbonyl (C=O) groups is 1. The van der Waals surface area contributed by atoms with Crippen LogP contribution >= 0.6 is 11.6 Å². The van der Waals surface area contributed by atoms with Crippen molar-refractivity contribution in [3.63, 3.8) is 0 Å². The highest BCUT2D eigenvalue weighted by atomic mass is 35.5. The van der Waals surface area contributed by atoms with Gasteiger partial charge in [0.05, 0.1) is 17.1 Å². The van der Waals surface area contributed by atoms with E-state index in [0.717, 1.165) is 61.5 Å². The lowest BCUT2D eigenvalue weighted by Crippen LogP contribution is -2.44. The van der Waals surface area contributed by atoms with Crippen LogP contribution in [0.4, 0.5) is 32.1 Å². The summed E-state index contributed by atoms with van der Waals surface area (Å²) < 4.78 is 19.4. The molecule has 2 amide bonds. The molecular weight excluding hydrogens is 533 g/mol. The highest BCUT2D eigenvalue weighted by molar-refractivity contribution is 6.31. The second-order valence-corrected chi connectivity index (χ2v) is 10.1. The number of likely N-dealkylation sites (N-methyl/N-ethyl adjacent to an activating group) is 1. The Hall–Kier alpha value is -3.99. The van der Waals surface area contributed by atoms with E-state index in [4.69, 9.17) is 16.3 Å². The molecule has 9 nitrogen and oxygen atoms in total. The Kier molecular flexibility index (Phi) is 8.90. The zero-order valence-electron chi connectivity index (χ0n) is 22.2. The summed E-state index contributed by atoms with van der Waals surface area (Å²) in [5.41, 5.74) is 2.43. The van der Waals surface area contributed by atoms with Crippen molar-refractivity contribution in [2.45, 2.75) is 6.42 Å². The average Bonchev–Trinajstić information content (AvgIpc) is 2.94. The smallest absolute Gasteiger partial charge is 0.323 e. The van der Waals surface area contributed by atoms with Gasteiger partial charge < -0.3 is 30.5 Å². The molecule has 0 atom stereocenters. The van der Waals surface area contributed by atoms with Crippen molar-refractivity contribution >= 4 is 51.4 Å². The third kappa shape index (κ3) is 7.35. The Morgan fingerprint density at radius 3 is 2.55 bits per heavy atom. The molecule has 4 aromatic rings. The molecular formula is C29H31ClFN7O2. The number of halogens is 2. The van der Waals surface area contributed by atoms with Crippen LogP contribution in [-0.2, 0) is 0 Å². The lowest BCUT2D eigenvalue weighted by molar-refractivity contribution is 0.145. The van der Waals surface area contributed by atoms with Gasteiger partial charge in [-0.05, 0) is 62.0 Å². The van der Waals surface area contributed by atoms with Crippen LogP contribution in [0.3, 0.4) is 0 Å². The summed E-state index contributed by atoms with van der Waals surface area (Å²) in [6, 6.07) is 16.5. The van der Waals surface area contributed by atoms with Crippen LogP contribution in [0, 0.1) is 5.82 Å². The van der Waals surface area contributed by atoms with Crippen LogP contribution in [0.25, 0.3) is 10.9 Å². The molecule has 0 bridgehead atoms. The largest absolute Gasteiger partial charge is 0.493 e. The van der Waals surface area contributed by atoms with E-state index in [-0.39, 0.29) is 5.02 Å². The maximum absolute atomic E-state index is 13.4. The van der Waals surface area contributed by atoms with Gasteiger partial charge in [0.2, 0.25) is 0 Å². The minimum Gasteiger partial charge on any atom is -0.493 e. The van der Waals surface area contributed by atoms with Crippen molar-refractivity contribution in [2.24, 2.45) is 0 Å². The van der Waals surface area contributed by atoms with Crippen LogP contribution in [0.15, 0.2) is 67.0 Å². The fourth-order valence-corrected chi connectivity index (χ4v) is 4.64. The second kappa shape index (κ2) is 12.9. The molecule has 2 heterocycles. The van der Waals surface area contributed by atoms with E-state index in [1.807, 2.05) is 30.3 Å². The molecule has 1 aromatic heterocycles. The van der Waals surface area contributed by atoms with E-state index in [1.165, 1.54) is 24.5 Å². The van der Waals surface area contributed by atoms with Gasteiger partial charge in [-0.2, -0.15) is 0 Å². The quantitative estimate of drug-likeness (QED) is 0.221. The fourth-order valence-electron chi connectivity index (χ4n) is 4.45. The van der Waals surface area contributed by atoms with Gasteiger partial charge in [-0.1, -0.05) is 17.7 Å². The van der Waals surface area contributed by atoms with E-state index in [2.05, 4.69) is 42.8 Å². The Morgan fingerprint density at radius 2 is 1.75 bits per heavy atom. The molecule has 5 rings (SSSR count). The first-order valence-electron chi connectivity index (χ1n) is 13.1. The second-order valence-electron chi connectivity index (χ2n) is 9.66. The molecule has 0 spiro atoms. The minimum absolute atomic E-state index is 0.0685. The number of amides is 2. The van der Waals surface area contributed by atoms with Crippen LogP contribution in [0.1, 0.15) is 6.42 Å². The van der Waals surface area contributed by atoms with Gasteiger partial charge in [0.25, 0.3) is 0 Å². The van der Waals surface area contributed by atoms with Gasteiger partial charge in [0.15, 0.2) is 0 Å². The van der Waals surface area contributed by atoms with Crippen molar-refractivity contribution in [1.82, 2.24) is 19.8 Å². The first kappa shape index (κ1) is 27.6. The monoisotopic (exact) mass is 563 g/mol. The molecule has 0 aliphatic carbocycles. The number of fused-ring (bicyclic) bond motifs is 1. The van der Waals surface area contributed by atoms with Crippen molar-refractivity contribution < 1.29 is 13.9 Å². The number of anilines is 4. The number of benzene rings is 3. The van der Waals surface area contributed by atoms with Gasteiger partial charge in [-0.3, -0.25) is 0 Å². The Labute approximate surface area is 237 Å². The number of aromatic nitrogens is 2. The van der Waals surface area contributed by atoms with Gasteiger partial charge in [-0.15, -0.1) is 0 Å². The number of nitrogens with one attached hydrogen (secondary N) is 3. The van der Waals surface area contributed by atoms with Gasteiger partial charge >= 0.3 is 6.03 Å². The lowest BCUT2D eigenvalue weighted by atomic mass is 10.2. The highest BCUT2D eigenvalue weighted by Gasteiger charge is 2.13. The maximum Gasteiger partial charge on any atom is 0.323 e. The summed E-state index contributed by atoms with van der Waals surface area (Å²) in [5, 5.41) is 9.48. The molecule has 3 aromatic carbocycles. The number of ether oxygens (including phenoxy) is 1. The standard InChI is InChI=1S/C29H31ClFN7O2/c1-37-11-13-38(14-12-37)10-3-15-40-23-7-8-24-27(18-23)32-19-33-28(24)34-20-4-2-5-21(16-20)35-29(39)36-22-6-9-26(31)25(30)17-22/h2,4-9,16-19H,3,10-15H2,1H3,(H,32,33,34)(H2,35,36,39). The zero-order valence-corrected chi connectivity index (χ0v) is 22.9. The van der Waals surface area contributed by atoms with Crippen molar-refractivity contribution in [1.29, 1.82) is 0 Å². The number of urea groups is 1. The van der Waals surface area contributed by atoms with Crippen molar-refractivity contribution in [3.05, 3.63) is 77.8 Å². The minimum atomic E-state index is -0.552. The van der Waals surface area contributed by atoms with Crippen molar-refractivity contribution in [2.75, 3.05) is 62.3 Å². The predicted molar refractivity (Wildman–Crippen MR) is 157 cm³/mol. The van der Waals surface area contributed by atoms with Gasteiger partial charge in [0, 0.05) is 61.2 Å². The topological polar surface area (TPSA) is 94.7 Å². The van der Waals surface area contributed by atoms with Gasteiger partial charge in [-0.25, -0.2) is 19.2 Å². The van der Waals surface area contributed by atoms with Crippen LogP contribution in [0.5, 0.6) is 5.75 Å². The summed E-state index contributed by atoms with van der Waals surface area (Å²) in [5.74, 6) is 0.855. The molecule has 208 valence electrons. The number of piperazine rings is 1. The highest BCUT2D eigenvalue weighted by Crippen LogP contribution is 2.27. The number of hydrogen-bond acceptors (Lipinski definition) is 7. The molecule has 1 aliphatic heterocycles. The number of rotatable bonds is 9. The molecule has 1 aliphatic rings. The molecule has 0 unspecified atom stereocenters. The van der Waals surface area contributed by atoms with E-state index in [9.17, 15) is 9.18 Å². The number of carbonyl (C=O) groups excluding carboxylic acids is 1. The summed E-state index contributed by atoms with van der Waals surface area (Å²) in [4.78, 5) is 26.1. The molecule has 3 N–H and O–H groups in total. The molecule has 1 saturated heterocycles. The summed E-state index contributed by atoms with van der Waals surface area (Å²) in [7, 11) is 2.16. The normalized spacial score (nSPS) is 14.2. The van der Waals surface area contributed by atoms with E-state index >= 15 is 0 Å². The Morgan fingerprint density at radius 1 is 0.975 bits per heavy atom. The number of nitrogens with zero attached hydrogens (tertiary/aromatic N) is 4. The van der Waals surface area contributed by atoms with Crippen molar-refractivity contribution in [3.8, 4) is 5.75 Å². The third-order valence-corrected chi connectivity index (χ3v) is 6.94. The summed E-state index contributed by atoms with van der Waals surface area (Å²) in [6.07, 6.45) is 2.48. The molecule has 40 heavy (non-hydrogen) atoms. The van der Waals surface area contributed by atoms with Gasteiger partial charge in [0.1, 0.15) is 23.7 Å². The molecule has 1 fully saturated rings. The third-order valence-electron chi connectivity index (χ3n) is 6.65. The Bertz CT molecular complexity index is 1480. The first-order valence-corrected chi connectivity index (χ1v) is 13.5. The van der Waals surface area contributed by atoms with E-state index in [0.29, 0.717) is 23.8 Å². The van der Waals surface area contributed by atoms with E-state index < -0.39 is 11.8 Å². The van der Waals surface area contributed by atoms with Crippen LogP contribution in [0.2, 0.25) is 5.02 Å². The summed E-state index contributed by atoms with van der Waals surface area (Å²) in [6.45, 7) is 6.13. The van der Waals surface area contributed by atoms with Crippen LogP contribution < -0.4 is 20.7 Å². The maximum atomic E-state index is 13.4. The zero-order chi connectivity index (χ0) is 27.9.